The highest BCUT2D eigenvalue weighted by Crippen LogP contribution is 2.35. The lowest BCUT2D eigenvalue weighted by Gasteiger charge is -2.04. The molecular weight excluding hydrogens is 309 g/mol. The first-order valence-electron chi connectivity index (χ1n) is 5.15. The third-order valence-corrected chi connectivity index (χ3v) is 4.14. The average molecular weight is 318 g/mol. The number of hydrogen-bond donors (Lipinski definition) is 0. The predicted octanol–water partition coefficient (Wildman–Crippen LogP) is 3.91. The predicted molar refractivity (Wildman–Crippen MR) is 75.5 cm³/mol. The normalized spacial score (nSPS) is 10.3. The van der Waals surface area contributed by atoms with Crippen molar-refractivity contribution in [1.82, 2.24) is 4.98 Å². The monoisotopic (exact) mass is 317 g/mol. The Morgan fingerprint density at radius 2 is 2.05 bits per heavy atom. The van der Waals surface area contributed by atoms with Gasteiger partial charge in [0.05, 0.1) is 19.2 Å². The van der Waals surface area contributed by atoms with Crippen LogP contribution in [0.25, 0.3) is 10.6 Å². The van der Waals surface area contributed by atoms with E-state index in [1.807, 2.05) is 0 Å². The molecule has 0 amide bonds. The summed E-state index contributed by atoms with van der Waals surface area (Å²) in [6, 6.07) is 5.21. The Morgan fingerprint density at radius 3 is 2.68 bits per heavy atom. The van der Waals surface area contributed by atoms with Gasteiger partial charge < -0.3 is 9.47 Å². The summed E-state index contributed by atoms with van der Waals surface area (Å²) in [5.41, 5.74) is 0.767. The summed E-state index contributed by atoms with van der Waals surface area (Å²) in [5.74, 6) is 0.0276. The molecule has 0 N–H and O–H groups in total. The molecule has 1 aromatic heterocycles. The first-order valence-corrected chi connectivity index (χ1v) is 6.72. The molecule has 7 heteroatoms. The zero-order chi connectivity index (χ0) is 14.0. The van der Waals surface area contributed by atoms with Crippen LogP contribution in [-0.2, 0) is 4.74 Å². The van der Waals surface area contributed by atoms with Gasteiger partial charge in [-0.1, -0.05) is 29.3 Å². The van der Waals surface area contributed by atoms with Gasteiger partial charge >= 0.3 is 5.97 Å². The first kappa shape index (κ1) is 14.1. The van der Waals surface area contributed by atoms with Gasteiger partial charge in [0.25, 0.3) is 0 Å². The summed E-state index contributed by atoms with van der Waals surface area (Å²) in [4.78, 5) is 15.9. The van der Waals surface area contributed by atoms with Gasteiger partial charge in [0, 0.05) is 5.56 Å². The lowest BCUT2D eigenvalue weighted by Crippen LogP contribution is -1.98. The van der Waals surface area contributed by atoms with Crippen LogP contribution in [0.2, 0.25) is 10.2 Å². The Bertz CT molecular complexity index is 627. The van der Waals surface area contributed by atoms with Crippen LogP contribution in [0.1, 0.15) is 9.67 Å². The van der Waals surface area contributed by atoms with Crippen molar-refractivity contribution in [1.29, 1.82) is 0 Å². The number of aromatic nitrogens is 1. The van der Waals surface area contributed by atoms with Crippen molar-refractivity contribution in [3.8, 4) is 16.3 Å². The molecule has 0 aliphatic carbocycles. The third-order valence-electron chi connectivity index (χ3n) is 2.35. The van der Waals surface area contributed by atoms with Gasteiger partial charge in [0.15, 0.2) is 10.0 Å². The second kappa shape index (κ2) is 5.77. The number of carbonyl (C=O) groups excluding carboxylic acids is 1. The van der Waals surface area contributed by atoms with E-state index in [4.69, 9.17) is 27.9 Å². The van der Waals surface area contributed by atoms with Crippen molar-refractivity contribution < 1.29 is 14.3 Å². The van der Waals surface area contributed by atoms with E-state index in [9.17, 15) is 4.79 Å². The van der Waals surface area contributed by atoms with E-state index in [0.717, 1.165) is 16.9 Å². The second-order valence-corrected chi connectivity index (χ2v) is 5.24. The van der Waals surface area contributed by atoms with Gasteiger partial charge in [-0.25, -0.2) is 9.78 Å². The maximum atomic E-state index is 11.5. The molecule has 0 saturated heterocycles. The summed E-state index contributed by atoms with van der Waals surface area (Å²) in [7, 11) is 2.82. The molecule has 100 valence electrons. The fraction of sp³-hybridized carbons (Fsp3) is 0.167. The first-order chi connectivity index (χ1) is 9.06. The van der Waals surface area contributed by atoms with Crippen molar-refractivity contribution in [2.24, 2.45) is 0 Å². The minimum absolute atomic E-state index is 0.126. The SMILES string of the molecule is COC(=O)c1sc(-c2ccc(Cl)c(OC)c2)nc1Cl. The minimum Gasteiger partial charge on any atom is -0.495 e. The molecule has 0 spiro atoms. The molecule has 0 aliphatic rings. The lowest BCUT2D eigenvalue weighted by molar-refractivity contribution is 0.0606. The Morgan fingerprint density at radius 1 is 1.32 bits per heavy atom. The summed E-state index contributed by atoms with van der Waals surface area (Å²) < 4.78 is 9.76. The average Bonchev–Trinajstić information content (AvgIpc) is 2.80. The fourth-order valence-corrected chi connectivity index (χ4v) is 2.83. The number of esters is 1. The number of thiazole rings is 1. The highest BCUT2D eigenvalue weighted by Gasteiger charge is 2.18. The van der Waals surface area contributed by atoms with E-state index in [-0.39, 0.29) is 10.0 Å². The van der Waals surface area contributed by atoms with Crippen LogP contribution >= 0.6 is 34.5 Å². The van der Waals surface area contributed by atoms with Crippen molar-refractivity contribution in [3.05, 3.63) is 33.3 Å². The molecular formula is C12H9Cl2NO3S. The highest BCUT2D eigenvalue weighted by atomic mass is 35.5. The van der Waals surface area contributed by atoms with Crippen LogP contribution in [0, 0.1) is 0 Å². The molecule has 1 aromatic carbocycles. The number of hydrogen-bond acceptors (Lipinski definition) is 5. The van der Waals surface area contributed by atoms with Crippen LogP contribution in [0.5, 0.6) is 5.75 Å². The van der Waals surface area contributed by atoms with Crippen LogP contribution in [0.3, 0.4) is 0 Å². The fourth-order valence-electron chi connectivity index (χ4n) is 1.44. The molecule has 0 fully saturated rings. The molecule has 19 heavy (non-hydrogen) atoms. The molecule has 1 heterocycles. The summed E-state index contributed by atoms with van der Waals surface area (Å²) >= 11 is 13.0. The summed E-state index contributed by atoms with van der Waals surface area (Å²) in [6.07, 6.45) is 0. The van der Waals surface area contributed by atoms with Gasteiger partial charge in [0.1, 0.15) is 10.8 Å². The van der Waals surface area contributed by atoms with E-state index in [2.05, 4.69) is 9.72 Å². The van der Waals surface area contributed by atoms with Crippen molar-refractivity contribution in [3.63, 3.8) is 0 Å². The van der Waals surface area contributed by atoms with E-state index in [0.29, 0.717) is 15.8 Å². The van der Waals surface area contributed by atoms with Gasteiger partial charge in [-0.2, -0.15) is 0 Å². The number of ether oxygens (including phenoxy) is 2. The number of benzene rings is 1. The van der Waals surface area contributed by atoms with Crippen LogP contribution in [-0.4, -0.2) is 25.2 Å². The molecule has 0 aliphatic heterocycles. The molecule has 0 unspecified atom stereocenters. The molecule has 0 saturated carbocycles. The second-order valence-electron chi connectivity index (χ2n) is 3.48. The van der Waals surface area contributed by atoms with E-state index >= 15 is 0 Å². The summed E-state index contributed by atoms with van der Waals surface area (Å²) in [5, 5.41) is 1.23. The van der Waals surface area contributed by atoms with Gasteiger partial charge in [-0.3, -0.25) is 0 Å². The van der Waals surface area contributed by atoms with E-state index in [1.54, 1.807) is 18.2 Å². The Kier molecular flexibility index (Phi) is 4.29. The number of rotatable bonds is 3. The number of methoxy groups -OCH3 is 2. The number of carbonyl (C=O) groups is 1. The van der Waals surface area contributed by atoms with Crippen LogP contribution < -0.4 is 4.74 Å². The molecule has 2 rings (SSSR count). The van der Waals surface area contributed by atoms with Crippen molar-refractivity contribution in [2.45, 2.75) is 0 Å². The van der Waals surface area contributed by atoms with E-state index in [1.165, 1.54) is 14.2 Å². The topological polar surface area (TPSA) is 48.4 Å². The van der Waals surface area contributed by atoms with Gasteiger partial charge in [0.2, 0.25) is 0 Å². The zero-order valence-corrected chi connectivity index (χ0v) is 12.4. The lowest BCUT2D eigenvalue weighted by atomic mass is 10.2. The van der Waals surface area contributed by atoms with Crippen molar-refractivity contribution >= 4 is 40.5 Å². The largest absolute Gasteiger partial charge is 0.495 e. The molecule has 0 bridgehead atoms. The Hall–Kier alpha value is -1.30. The third kappa shape index (κ3) is 2.83. The number of halogens is 2. The highest BCUT2D eigenvalue weighted by molar-refractivity contribution is 7.17. The zero-order valence-electron chi connectivity index (χ0n) is 10.1. The maximum absolute atomic E-state index is 11.5. The number of nitrogens with zero attached hydrogens (tertiary/aromatic N) is 1. The summed E-state index contributed by atoms with van der Waals surface area (Å²) in [6.45, 7) is 0. The Labute approximate surface area is 123 Å². The smallest absolute Gasteiger partial charge is 0.351 e. The van der Waals surface area contributed by atoms with Gasteiger partial charge in [-0.05, 0) is 12.1 Å². The van der Waals surface area contributed by atoms with Crippen LogP contribution in [0.4, 0.5) is 0 Å². The van der Waals surface area contributed by atoms with Crippen LogP contribution in [0.15, 0.2) is 18.2 Å². The van der Waals surface area contributed by atoms with Crippen molar-refractivity contribution in [2.75, 3.05) is 14.2 Å². The van der Waals surface area contributed by atoms with Gasteiger partial charge in [-0.15, -0.1) is 11.3 Å². The molecule has 0 atom stereocenters. The molecule has 4 nitrogen and oxygen atoms in total. The Balaban J connectivity index is 2.45. The minimum atomic E-state index is -0.505. The van der Waals surface area contributed by atoms with E-state index < -0.39 is 5.97 Å². The molecule has 0 radical (unpaired) electrons. The quantitative estimate of drug-likeness (QED) is 0.805. The molecule has 2 aromatic rings. The maximum Gasteiger partial charge on any atom is 0.351 e. The standard InChI is InChI=1S/C12H9Cl2NO3S/c1-17-8-5-6(3-4-7(8)13)11-15-10(14)9(19-11)12(16)18-2/h3-5H,1-2H3.